The molecule has 8 heteroatoms. The minimum atomic E-state index is -3.76. The molecule has 0 atom stereocenters. The van der Waals surface area contributed by atoms with E-state index in [4.69, 9.17) is 4.42 Å². The number of sulfonamides is 1. The van der Waals surface area contributed by atoms with Gasteiger partial charge in [0.1, 0.15) is 6.26 Å². The van der Waals surface area contributed by atoms with Crippen LogP contribution in [-0.4, -0.2) is 25.9 Å². The van der Waals surface area contributed by atoms with Gasteiger partial charge in [0, 0.05) is 30.6 Å². The molecular weight excluding hydrogens is 450 g/mol. The van der Waals surface area contributed by atoms with Gasteiger partial charge in [-0.2, -0.15) is 0 Å². The lowest BCUT2D eigenvalue weighted by Crippen LogP contribution is -2.27. The van der Waals surface area contributed by atoms with Crippen LogP contribution < -0.4 is 10.0 Å². The summed E-state index contributed by atoms with van der Waals surface area (Å²) in [5.41, 5.74) is 3.88. The topological polar surface area (TPSA) is 101 Å². The first-order valence-corrected chi connectivity index (χ1v) is 12.3. The summed E-state index contributed by atoms with van der Waals surface area (Å²) in [6, 6.07) is 23.1. The van der Waals surface area contributed by atoms with Crippen molar-refractivity contribution in [3.05, 3.63) is 108 Å². The number of oxazole rings is 1. The van der Waals surface area contributed by atoms with Crippen molar-refractivity contribution in [2.24, 2.45) is 0 Å². The monoisotopic (exact) mass is 475 g/mol. The first-order chi connectivity index (χ1) is 16.4. The second-order valence-corrected chi connectivity index (χ2v) is 9.62. The molecule has 4 aromatic rings. The summed E-state index contributed by atoms with van der Waals surface area (Å²) in [5.74, 6) is 0.171. The molecule has 0 fully saturated rings. The van der Waals surface area contributed by atoms with E-state index in [0.717, 1.165) is 22.4 Å². The van der Waals surface area contributed by atoms with Crippen molar-refractivity contribution in [3.63, 3.8) is 0 Å². The molecule has 0 bridgehead atoms. The molecule has 0 spiro atoms. The van der Waals surface area contributed by atoms with Crippen LogP contribution in [-0.2, 0) is 23.0 Å². The van der Waals surface area contributed by atoms with Gasteiger partial charge in [-0.3, -0.25) is 4.79 Å². The zero-order valence-corrected chi connectivity index (χ0v) is 19.5. The average molecular weight is 476 g/mol. The molecule has 1 aromatic heterocycles. The smallest absolute Gasteiger partial charge is 0.251 e. The van der Waals surface area contributed by atoms with Crippen LogP contribution in [0.1, 0.15) is 27.2 Å². The van der Waals surface area contributed by atoms with Crippen LogP contribution in [0.2, 0.25) is 0 Å². The van der Waals surface area contributed by atoms with Crippen molar-refractivity contribution < 1.29 is 17.6 Å². The molecule has 0 aliphatic heterocycles. The predicted octanol–water partition coefficient (Wildman–Crippen LogP) is 4.10. The van der Waals surface area contributed by atoms with Crippen LogP contribution in [0.5, 0.6) is 0 Å². The van der Waals surface area contributed by atoms with E-state index >= 15 is 0 Å². The number of hydrogen-bond acceptors (Lipinski definition) is 5. The third-order valence-electron chi connectivity index (χ3n) is 5.23. The number of carbonyl (C=O) groups excluding carboxylic acids is 1. The molecule has 1 amide bonds. The van der Waals surface area contributed by atoms with Crippen LogP contribution in [0.4, 0.5) is 0 Å². The highest BCUT2D eigenvalue weighted by Gasteiger charge is 2.16. The average Bonchev–Trinajstić information content (AvgIpc) is 3.33. The van der Waals surface area contributed by atoms with E-state index in [1.54, 1.807) is 18.4 Å². The van der Waals surface area contributed by atoms with Gasteiger partial charge < -0.3 is 9.73 Å². The Labute approximate surface area is 198 Å². The minimum Gasteiger partial charge on any atom is -0.444 e. The van der Waals surface area contributed by atoms with E-state index in [9.17, 15) is 13.2 Å². The molecule has 0 aliphatic carbocycles. The Morgan fingerprint density at radius 1 is 0.971 bits per heavy atom. The molecule has 2 N–H and O–H groups in total. The lowest BCUT2D eigenvalue weighted by atomic mass is 10.1. The van der Waals surface area contributed by atoms with E-state index in [0.29, 0.717) is 18.9 Å². The summed E-state index contributed by atoms with van der Waals surface area (Å²) in [7, 11) is -3.76. The largest absolute Gasteiger partial charge is 0.444 e. The molecule has 3 aromatic carbocycles. The Kier molecular flexibility index (Phi) is 7.20. The zero-order chi connectivity index (χ0) is 24.0. The Bertz CT molecular complexity index is 1360. The maximum absolute atomic E-state index is 12.7. The fourth-order valence-electron chi connectivity index (χ4n) is 3.32. The van der Waals surface area contributed by atoms with E-state index in [-0.39, 0.29) is 22.9 Å². The number of rotatable bonds is 9. The fourth-order valence-corrected chi connectivity index (χ4v) is 4.38. The highest BCUT2D eigenvalue weighted by Crippen LogP contribution is 2.19. The van der Waals surface area contributed by atoms with Gasteiger partial charge in [-0.15, -0.1) is 0 Å². The van der Waals surface area contributed by atoms with Gasteiger partial charge in [-0.05, 0) is 42.8 Å². The fraction of sp³-hybridized carbons (Fsp3) is 0.154. The summed E-state index contributed by atoms with van der Waals surface area (Å²) < 4.78 is 33.4. The Morgan fingerprint density at radius 3 is 2.50 bits per heavy atom. The number of hydrogen-bond donors (Lipinski definition) is 2. The van der Waals surface area contributed by atoms with Gasteiger partial charge in [0.15, 0.2) is 0 Å². The maximum Gasteiger partial charge on any atom is 0.251 e. The number of aryl methyl sites for hydroxylation is 1. The summed E-state index contributed by atoms with van der Waals surface area (Å²) >= 11 is 0. The highest BCUT2D eigenvalue weighted by atomic mass is 32.2. The maximum atomic E-state index is 12.7. The zero-order valence-electron chi connectivity index (χ0n) is 18.7. The number of nitrogens with one attached hydrogen (secondary N) is 2. The highest BCUT2D eigenvalue weighted by molar-refractivity contribution is 7.89. The van der Waals surface area contributed by atoms with Crippen LogP contribution >= 0.6 is 0 Å². The second-order valence-electron chi connectivity index (χ2n) is 7.85. The van der Waals surface area contributed by atoms with Crippen molar-refractivity contribution in [3.8, 4) is 11.5 Å². The van der Waals surface area contributed by atoms with Gasteiger partial charge in [-0.25, -0.2) is 18.1 Å². The number of amides is 1. The molecule has 0 unspecified atom stereocenters. The van der Waals surface area contributed by atoms with Crippen LogP contribution in [0.25, 0.3) is 11.5 Å². The molecule has 0 saturated heterocycles. The van der Waals surface area contributed by atoms with E-state index in [1.807, 2.05) is 61.5 Å². The molecule has 1 heterocycles. The summed E-state index contributed by atoms with van der Waals surface area (Å²) in [6.07, 6.45) is 2.06. The number of nitrogens with zero attached hydrogens (tertiary/aromatic N) is 1. The minimum absolute atomic E-state index is 0.0373. The van der Waals surface area contributed by atoms with E-state index < -0.39 is 10.0 Å². The van der Waals surface area contributed by atoms with Crippen LogP contribution in [0.3, 0.4) is 0 Å². The molecule has 0 aliphatic rings. The third kappa shape index (κ3) is 5.98. The van der Waals surface area contributed by atoms with Gasteiger partial charge in [0.2, 0.25) is 15.9 Å². The molecule has 4 rings (SSSR count). The Balaban J connectivity index is 1.33. The Hall–Kier alpha value is -3.75. The normalized spacial score (nSPS) is 11.3. The molecule has 0 radical (unpaired) electrons. The molecular formula is C26H25N3O4S. The molecule has 174 valence electrons. The van der Waals surface area contributed by atoms with Gasteiger partial charge >= 0.3 is 0 Å². The summed E-state index contributed by atoms with van der Waals surface area (Å²) in [4.78, 5) is 17.1. The number of carbonyl (C=O) groups is 1. The van der Waals surface area contributed by atoms with Crippen LogP contribution in [0.15, 0.2) is 94.4 Å². The summed E-state index contributed by atoms with van der Waals surface area (Å²) in [6.45, 7) is 2.52. The molecule has 7 nitrogen and oxygen atoms in total. The second kappa shape index (κ2) is 10.5. The van der Waals surface area contributed by atoms with Crippen LogP contribution in [0, 0.1) is 6.92 Å². The van der Waals surface area contributed by atoms with E-state index in [2.05, 4.69) is 15.0 Å². The summed E-state index contributed by atoms with van der Waals surface area (Å²) in [5, 5.41) is 2.80. The standard InChI is InChI=1S/C26H25N3O4S/c1-19-10-12-21(13-11-19)26-29-23(18-33-26)14-15-27-25(30)22-8-5-9-24(16-22)34(31,32)28-17-20-6-3-2-4-7-20/h2-13,16,18,28H,14-15,17H2,1H3,(H,27,30). The third-order valence-corrected chi connectivity index (χ3v) is 6.63. The van der Waals surface area contributed by atoms with Gasteiger partial charge in [0.25, 0.3) is 5.91 Å². The van der Waals surface area contributed by atoms with Gasteiger partial charge in [-0.1, -0.05) is 54.1 Å². The number of aromatic nitrogens is 1. The van der Waals surface area contributed by atoms with Crippen molar-refractivity contribution in [1.82, 2.24) is 15.0 Å². The lowest BCUT2D eigenvalue weighted by Gasteiger charge is -2.09. The predicted molar refractivity (Wildman–Crippen MR) is 130 cm³/mol. The first-order valence-electron chi connectivity index (χ1n) is 10.8. The number of benzene rings is 3. The molecule has 0 saturated carbocycles. The lowest BCUT2D eigenvalue weighted by molar-refractivity contribution is 0.0954. The SMILES string of the molecule is Cc1ccc(-c2nc(CCNC(=O)c3cccc(S(=O)(=O)NCc4ccccc4)c3)co2)cc1. The molecule has 34 heavy (non-hydrogen) atoms. The van der Waals surface area contributed by atoms with Crippen molar-refractivity contribution >= 4 is 15.9 Å². The van der Waals surface area contributed by atoms with Crippen molar-refractivity contribution in [2.45, 2.75) is 24.8 Å². The van der Waals surface area contributed by atoms with Crippen molar-refractivity contribution in [2.75, 3.05) is 6.54 Å². The first kappa shape index (κ1) is 23.4. The Morgan fingerprint density at radius 2 is 1.74 bits per heavy atom. The van der Waals surface area contributed by atoms with E-state index in [1.165, 1.54) is 12.1 Å². The quantitative estimate of drug-likeness (QED) is 0.380. The van der Waals surface area contributed by atoms with Crippen molar-refractivity contribution in [1.29, 1.82) is 0 Å². The van der Waals surface area contributed by atoms with Gasteiger partial charge in [0.05, 0.1) is 10.6 Å².